The molecule has 5 heteroatoms. The van der Waals surface area contributed by atoms with Crippen LogP contribution < -0.4 is 0 Å². The number of ether oxygens (including phenoxy) is 1. The van der Waals surface area contributed by atoms with Crippen molar-refractivity contribution in [1.82, 2.24) is 4.90 Å². The number of hydrogen-bond donors (Lipinski definition) is 1. The van der Waals surface area contributed by atoms with Crippen LogP contribution in [0.2, 0.25) is 0 Å². The van der Waals surface area contributed by atoms with Crippen LogP contribution in [0.3, 0.4) is 0 Å². The molecule has 2 aliphatic heterocycles. The number of carbonyl (C=O) groups excluding carboxylic acids is 1. The van der Waals surface area contributed by atoms with Crippen LogP contribution in [-0.2, 0) is 14.3 Å². The second kappa shape index (κ2) is 6.69. The minimum Gasteiger partial charge on any atom is -0.481 e. The lowest BCUT2D eigenvalue weighted by Gasteiger charge is -2.38. The normalized spacial score (nSPS) is 30.2. The molecule has 3 aliphatic rings. The van der Waals surface area contributed by atoms with Crippen molar-refractivity contribution in [3.8, 4) is 0 Å². The van der Waals surface area contributed by atoms with Crippen LogP contribution in [0, 0.1) is 24.2 Å². The molecule has 4 rings (SSSR count). The van der Waals surface area contributed by atoms with Crippen LogP contribution in [-0.4, -0.2) is 41.6 Å². The summed E-state index contributed by atoms with van der Waals surface area (Å²) >= 11 is 0. The van der Waals surface area contributed by atoms with E-state index in [0.717, 1.165) is 37.7 Å². The third-order valence-electron chi connectivity index (χ3n) is 6.60. The van der Waals surface area contributed by atoms with E-state index in [0.29, 0.717) is 19.7 Å². The monoisotopic (exact) mass is 357 g/mol. The number of carboxylic acids is 1. The van der Waals surface area contributed by atoms with E-state index in [2.05, 4.69) is 31.2 Å². The summed E-state index contributed by atoms with van der Waals surface area (Å²) in [5, 5.41) is 9.23. The zero-order chi connectivity index (χ0) is 18.3. The van der Waals surface area contributed by atoms with Crippen LogP contribution in [0.1, 0.15) is 49.3 Å². The number of amides is 1. The van der Waals surface area contributed by atoms with Crippen LogP contribution in [0.25, 0.3) is 0 Å². The third-order valence-corrected chi connectivity index (χ3v) is 6.60. The predicted octanol–water partition coefficient (Wildman–Crippen LogP) is 3.18. The molecule has 1 spiro atoms. The molecule has 1 amide bonds. The molecule has 1 aliphatic carbocycles. The molecule has 0 aromatic heterocycles. The summed E-state index contributed by atoms with van der Waals surface area (Å²) in [4.78, 5) is 26.4. The largest absolute Gasteiger partial charge is 0.481 e. The molecule has 1 aromatic rings. The number of likely N-dealkylation sites (tertiary alicyclic amines) is 1. The smallest absolute Gasteiger partial charge is 0.307 e. The third kappa shape index (κ3) is 3.13. The average molecular weight is 357 g/mol. The maximum atomic E-state index is 13.2. The van der Waals surface area contributed by atoms with Crippen LogP contribution >= 0.6 is 0 Å². The van der Waals surface area contributed by atoms with E-state index in [9.17, 15) is 14.7 Å². The first kappa shape index (κ1) is 17.5. The Morgan fingerprint density at radius 2 is 1.88 bits per heavy atom. The Balaban J connectivity index is 1.43. The molecule has 3 fully saturated rings. The van der Waals surface area contributed by atoms with Gasteiger partial charge in [-0.05, 0) is 50.0 Å². The van der Waals surface area contributed by atoms with Gasteiger partial charge in [-0.3, -0.25) is 9.59 Å². The average Bonchev–Trinajstić information content (AvgIpc) is 3.36. The summed E-state index contributed by atoms with van der Waals surface area (Å²) in [6.07, 6.45) is 4.02. The Kier molecular flexibility index (Phi) is 4.51. The highest BCUT2D eigenvalue weighted by atomic mass is 16.5. The number of carboxylic acid groups (broad SMARTS) is 1. The molecule has 140 valence electrons. The molecule has 0 radical (unpaired) electrons. The first-order valence-electron chi connectivity index (χ1n) is 9.70. The van der Waals surface area contributed by atoms with E-state index >= 15 is 0 Å². The van der Waals surface area contributed by atoms with Crippen LogP contribution in [0.4, 0.5) is 0 Å². The predicted molar refractivity (Wildman–Crippen MR) is 96.6 cm³/mol. The van der Waals surface area contributed by atoms with Crippen molar-refractivity contribution in [1.29, 1.82) is 0 Å². The van der Waals surface area contributed by atoms with Gasteiger partial charge in [-0.15, -0.1) is 0 Å². The van der Waals surface area contributed by atoms with Gasteiger partial charge in [0.25, 0.3) is 0 Å². The quantitative estimate of drug-likeness (QED) is 0.902. The van der Waals surface area contributed by atoms with Crippen molar-refractivity contribution in [3.63, 3.8) is 0 Å². The fraction of sp³-hybridized carbons (Fsp3) is 0.619. The molecular formula is C21H27NO4. The number of hydrogen-bond acceptors (Lipinski definition) is 3. The maximum absolute atomic E-state index is 13.2. The van der Waals surface area contributed by atoms with Crippen molar-refractivity contribution in [2.24, 2.45) is 17.3 Å². The van der Waals surface area contributed by atoms with Gasteiger partial charge >= 0.3 is 5.97 Å². The lowest BCUT2D eigenvalue weighted by Crippen LogP contribution is -2.45. The molecule has 2 heterocycles. The molecule has 5 nitrogen and oxygen atoms in total. The standard InChI is InChI=1S/C21H27NO4/c1-14-4-6-15(7-5-14)18-16(3-2-12-26-18)19(23)22-10-8-21(9-11-22)13-17(21)20(24)25/h4-7,16-18H,2-3,8-13H2,1H3,(H,24,25). The van der Waals surface area contributed by atoms with Gasteiger partial charge in [0.05, 0.1) is 17.9 Å². The van der Waals surface area contributed by atoms with Crippen molar-refractivity contribution < 1.29 is 19.4 Å². The first-order valence-corrected chi connectivity index (χ1v) is 9.70. The first-order chi connectivity index (χ1) is 12.5. The van der Waals surface area contributed by atoms with Gasteiger partial charge in [0.1, 0.15) is 0 Å². The number of nitrogens with zero attached hydrogens (tertiary/aromatic N) is 1. The molecule has 1 N–H and O–H groups in total. The van der Waals surface area contributed by atoms with Gasteiger partial charge in [0, 0.05) is 19.7 Å². The highest BCUT2D eigenvalue weighted by Gasteiger charge is 2.59. The van der Waals surface area contributed by atoms with E-state index in [1.54, 1.807) is 0 Å². The second-order valence-corrected chi connectivity index (χ2v) is 8.23. The highest BCUT2D eigenvalue weighted by Crippen LogP contribution is 2.59. The summed E-state index contributed by atoms with van der Waals surface area (Å²) in [6, 6.07) is 8.27. The molecule has 2 saturated heterocycles. The molecule has 3 atom stereocenters. The van der Waals surface area contributed by atoms with Crippen LogP contribution in [0.5, 0.6) is 0 Å². The Labute approximate surface area is 154 Å². The topological polar surface area (TPSA) is 66.8 Å². The summed E-state index contributed by atoms with van der Waals surface area (Å²) in [6.45, 7) is 4.12. The van der Waals surface area contributed by atoms with E-state index < -0.39 is 5.97 Å². The summed E-state index contributed by atoms with van der Waals surface area (Å²) in [7, 11) is 0. The maximum Gasteiger partial charge on any atom is 0.307 e. The SMILES string of the molecule is Cc1ccc(C2OCCCC2C(=O)N2CCC3(CC2)CC3C(=O)O)cc1. The van der Waals surface area contributed by atoms with E-state index in [1.807, 2.05) is 4.90 Å². The fourth-order valence-electron chi connectivity index (χ4n) is 4.78. The van der Waals surface area contributed by atoms with Gasteiger partial charge in [-0.25, -0.2) is 0 Å². The molecule has 3 unspecified atom stereocenters. The minimum absolute atomic E-state index is 0.0396. The second-order valence-electron chi connectivity index (χ2n) is 8.23. The number of aryl methyl sites for hydroxylation is 1. The molecule has 1 saturated carbocycles. The molecule has 1 aromatic carbocycles. The van der Waals surface area contributed by atoms with Crippen molar-refractivity contribution in [2.45, 2.75) is 45.1 Å². The molecular weight excluding hydrogens is 330 g/mol. The van der Waals surface area contributed by atoms with Crippen molar-refractivity contribution in [3.05, 3.63) is 35.4 Å². The molecule has 0 bridgehead atoms. The van der Waals surface area contributed by atoms with Gasteiger partial charge in [-0.2, -0.15) is 0 Å². The molecule has 26 heavy (non-hydrogen) atoms. The Bertz CT molecular complexity index is 690. The lowest BCUT2D eigenvalue weighted by atomic mass is 9.86. The highest BCUT2D eigenvalue weighted by molar-refractivity contribution is 5.80. The van der Waals surface area contributed by atoms with Crippen molar-refractivity contribution in [2.75, 3.05) is 19.7 Å². The van der Waals surface area contributed by atoms with Crippen molar-refractivity contribution >= 4 is 11.9 Å². The van der Waals surface area contributed by atoms with Gasteiger partial charge in [0.15, 0.2) is 0 Å². The number of piperidine rings is 1. The summed E-state index contributed by atoms with van der Waals surface area (Å²) in [5.74, 6) is -0.824. The zero-order valence-electron chi connectivity index (χ0n) is 15.3. The van der Waals surface area contributed by atoms with Crippen LogP contribution in [0.15, 0.2) is 24.3 Å². The fourth-order valence-corrected chi connectivity index (χ4v) is 4.78. The van der Waals surface area contributed by atoms with Gasteiger partial charge in [0.2, 0.25) is 5.91 Å². The van der Waals surface area contributed by atoms with Gasteiger partial charge < -0.3 is 14.7 Å². The Morgan fingerprint density at radius 3 is 2.50 bits per heavy atom. The Hall–Kier alpha value is -1.88. The Morgan fingerprint density at radius 1 is 1.19 bits per heavy atom. The number of benzene rings is 1. The number of aliphatic carboxylic acids is 1. The summed E-state index contributed by atoms with van der Waals surface area (Å²) in [5.41, 5.74) is 2.24. The van der Waals surface area contributed by atoms with Gasteiger partial charge in [-0.1, -0.05) is 29.8 Å². The lowest BCUT2D eigenvalue weighted by molar-refractivity contribution is -0.147. The van der Waals surface area contributed by atoms with E-state index in [1.165, 1.54) is 5.56 Å². The van der Waals surface area contributed by atoms with E-state index in [4.69, 9.17) is 4.74 Å². The van der Waals surface area contributed by atoms with E-state index in [-0.39, 0.29) is 29.3 Å². The number of carbonyl (C=O) groups is 2. The summed E-state index contributed by atoms with van der Waals surface area (Å²) < 4.78 is 6.01. The zero-order valence-corrected chi connectivity index (χ0v) is 15.3. The number of rotatable bonds is 3. The minimum atomic E-state index is -0.676.